The molecule has 2 bridgehead atoms. The van der Waals surface area contributed by atoms with Crippen molar-refractivity contribution in [3.63, 3.8) is 0 Å². The number of hydrogen-bond acceptors (Lipinski definition) is 6. The van der Waals surface area contributed by atoms with Crippen molar-refractivity contribution in [2.24, 2.45) is 22.0 Å². The molecule has 2 aliphatic heterocycles. The summed E-state index contributed by atoms with van der Waals surface area (Å²) in [4.78, 5) is 2.19. The van der Waals surface area contributed by atoms with E-state index >= 15 is 0 Å². The van der Waals surface area contributed by atoms with Gasteiger partial charge >= 0.3 is 17.1 Å². The van der Waals surface area contributed by atoms with Gasteiger partial charge in [-0.25, -0.2) is 5.26 Å². The molecule has 0 N–H and O–H groups in total. The number of rotatable bonds is 2. The molecule has 26 heavy (non-hydrogen) atoms. The fraction of sp³-hybridized carbons (Fsp3) is 0.529. The fourth-order valence-corrected chi connectivity index (χ4v) is 3.58. The Morgan fingerprint density at radius 2 is 1.77 bits per heavy atom. The van der Waals surface area contributed by atoms with Crippen LogP contribution in [-0.2, 0) is 42.3 Å². The topological polar surface area (TPSA) is 78.7 Å². The SMILES string of the molecule is C/C(=N\N=C(/[S-])N1CC2CCC(CC2)C1)c1cccc[n+]1[O-].N#C[S-].[Cu+2]. The summed E-state index contributed by atoms with van der Waals surface area (Å²) in [6.07, 6.45) is 6.70. The zero-order chi connectivity index (χ0) is 18.2. The van der Waals surface area contributed by atoms with Crippen LogP contribution in [0.4, 0.5) is 0 Å². The molecular formula is C17H21CuN5OS2. The van der Waals surface area contributed by atoms with Crippen molar-refractivity contribution in [3.05, 3.63) is 35.3 Å². The molecule has 1 saturated carbocycles. The molecule has 1 aromatic rings. The summed E-state index contributed by atoms with van der Waals surface area (Å²) in [5, 5.41) is 29.1. The number of aromatic nitrogens is 1. The Morgan fingerprint density at radius 3 is 2.27 bits per heavy atom. The molecule has 0 unspecified atom stereocenters. The van der Waals surface area contributed by atoms with E-state index in [1.54, 1.807) is 19.1 Å². The molecule has 3 fully saturated rings. The van der Waals surface area contributed by atoms with E-state index in [1.807, 2.05) is 6.07 Å². The van der Waals surface area contributed by atoms with Gasteiger partial charge in [0.2, 0.25) is 5.69 Å². The number of hydrogen-bond donors (Lipinski definition) is 0. The molecule has 9 heteroatoms. The van der Waals surface area contributed by atoms with Crippen LogP contribution in [0, 0.1) is 27.7 Å². The van der Waals surface area contributed by atoms with Gasteiger partial charge in [-0.2, -0.15) is 9.83 Å². The molecule has 1 aliphatic carbocycles. The van der Waals surface area contributed by atoms with Crippen LogP contribution in [0.15, 0.2) is 34.6 Å². The minimum absolute atomic E-state index is 0. The zero-order valence-electron chi connectivity index (χ0n) is 14.5. The third-order valence-electron chi connectivity index (χ3n) is 4.67. The Morgan fingerprint density at radius 1 is 1.23 bits per heavy atom. The molecule has 0 spiro atoms. The Balaban J connectivity index is 0.000000791. The van der Waals surface area contributed by atoms with Crippen molar-refractivity contribution in [1.82, 2.24) is 4.90 Å². The molecule has 0 aromatic carbocycles. The van der Waals surface area contributed by atoms with Crippen molar-refractivity contribution in [1.29, 1.82) is 5.26 Å². The van der Waals surface area contributed by atoms with Crippen molar-refractivity contribution in [2.75, 3.05) is 13.1 Å². The first-order chi connectivity index (χ1) is 12.0. The predicted octanol–water partition coefficient (Wildman–Crippen LogP) is 2.08. The normalized spacial score (nSPS) is 22.4. The maximum Gasteiger partial charge on any atom is 2.00 e. The number of nitrogens with zero attached hydrogens (tertiary/aromatic N) is 5. The molecule has 0 atom stereocenters. The van der Waals surface area contributed by atoms with Gasteiger partial charge in [-0.1, -0.05) is 5.40 Å². The quantitative estimate of drug-likeness (QED) is 0.103. The molecule has 6 nitrogen and oxygen atoms in total. The molecule has 143 valence electrons. The molecule has 4 rings (SSSR count). The van der Waals surface area contributed by atoms with Gasteiger partial charge in [0.05, 0.1) is 0 Å². The van der Waals surface area contributed by atoms with E-state index < -0.39 is 0 Å². The van der Waals surface area contributed by atoms with Crippen LogP contribution in [0.1, 0.15) is 38.3 Å². The Kier molecular flexibility index (Phi) is 9.81. The van der Waals surface area contributed by atoms with Crippen LogP contribution in [0.2, 0.25) is 0 Å². The summed E-state index contributed by atoms with van der Waals surface area (Å²) in [6.45, 7) is 3.78. The standard InChI is InChI=1S/C16H22N4OS.CHNS.Cu/c1-12(15-4-2-3-9-20(15)21)17-18-16(22)19-10-13-5-6-14(11-19)8-7-13;2-1-3;/h2-4,9,13-14H,5-8,10-11H2,1H3,(H,18,22);3H;/q;;+2/p-2/b17-12+;;. The number of thiocyanates is 1. The summed E-state index contributed by atoms with van der Waals surface area (Å²) < 4.78 is 0.795. The van der Waals surface area contributed by atoms with E-state index in [-0.39, 0.29) is 17.1 Å². The van der Waals surface area contributed by atoms with Crippen LogP contribution >= 0.6 is 0 Å². The Bertz CT molecular complexity index is 670. The maximum absolute atomic E-state index is 11.7. The van der Waals surface area contributed by atoms with Crippen LogP contribution < -0.4 is 4.73 Å². The van der Waals surface area contributed by atoms with Gasteiger partial charge in [0, 0.05) is 30.4 Å². The average Bonchev–Trinajstić information content (AvgIpc) is 2.94. The second-order valence-electron chi connectivity index (χ2n) is 6.36. The average molecular weight is 439 g/mol. The fourth-order valence-electron chi connectivity index (χ4n) is 3.39. The molecule has 1 aromatic heterocycles. The van der Waals surface area contributed by atoms with Crippen molar-refractivity contribution in [2.45, 2.75) is 32.6 Å². The molecule has 3 heterocycles. The first kappa shape index (κ1) is 22.6. The third-order valence-corrected chi connectivity index (χ3v) is 5.01. The summed E-state index contributed by atoms with van der Waals surface area (Å²) >= 11 is 9.14. The summed E-state index contributed by atoms with van der Waals surface area (Å²) in [6, 6.07) is 5.24. The maximum atomic E-state index is 11.7. The smallest absolute Gasteiger partial charge is 0.741 e. The second kappa shape index (κ2) is 11.3. The molecule has 0 amide bonds. The van der Waals surface area contributed by atoms with Crippen molar-refractivity contribution >= 4 is 36.1 Å². The summed E-state index contributed by atoms with van der Waals surface area (Å²) in [7, 11) is 0. The number of amidine groups is 1. The predicted molar refractivity (Wildman–Crippen MR) is 102 cm³/mol. The number of pyridine rings is 1. The van der Waals surface area contributed by atoms with E-state index in [1.165, 1.54) is 37.3 Å². The third kappa shape index (κ3) is 6.36. The van der Waals surface area contributed by atoms with E-state index in [0.29, 0.717) is 16.6 Å². The zero-order valence-corrected chi connectivity index (χ0v) is 17.0. The first-order valence-electron chi connectivity index (χ1n) is 8.29. The molecule has 2 saturated heterocycles. The summed E-state index contributed by atoms with van der Waals surface area (Å²) in [5.74, 6) is 1.49. The van der Waals surface area contributed by atoms with E-state index in [9.17, 15) is 5.21 Å². The van der Waals surface area contributed by atoms with E-state index in [2.05, 4.69) is 27.7 Å². The van der Waals surface area contributed by atoms with Crippen LogP contribution in [0.25, 0.3) is 0 Å². The van der Waals surface area contributed by atoms with E-state index in [0.717, 1.165) is 29.7 Å². The van der Waals surface area contributed by atoms with Gasteiger partial charge in [-0.3, -0.25) is 0 Å². The summed E-state index contributed by atoms with van der Waals surface area (Å²) in [5.41, 5.74) is 1.08. The van der Waals surface area contributed by atoms with Crippen LogP contribution in [0.3, 0.4) is 0 Å². The van der Waals surface area contributed by atoms with Crippen LogP contribution in [0.5, 0.6) is 0 Å². The number of nitriles is 1. The minimum atomic E-state index is 0. The van der Waals surface area contributed by atoms with Crippen molar-refractivity contribution in [3.8, 4) is 5.40 Å². The van der Waals surface area contributed by atoms with Gasteiger partial charge in [0.1, 0.15) is 5.71 Å². The van der Waals surface area contributed by atoms with Gasteiger partial charge in [-0.15, -0.1) is 5.10 Å². The monoisotopic (exact) mass is 438 g/mol. The Labute approximate surface area is 176 Å². The minimum Gasteiger partial charge on any atom is -0.741 e. The van der Waals surface area contributed by atoms with Gasteiger partial charge in [-0.05, 0) is 50.5 Å². The molecule has 1 radical (unpaired) electrons. The van der Waals surface area contributed by atoms with Crippen molar-refractivity contribution < 1.29 is 21.8 Å². The first-order valence-corrected chi connectivity index (χ1v) is 9.10. The Hall–Kier alpha value is -1.46. The van der Waals surface area contributed by atoms with Gasteiger partial charge in [0.25, 0.3) is 0 Å². The molecular weight excluding hydrogens is 418 g/mol. The largest absolute Gasteiger partial charge is 2.00 e. The van der Waals surface area contributed by atoms with E-state index in [4.69, 9.17) is 17.9 Å². The van der Waals surface area contributed by atoms with Gasteiger partial charge < -0.3 is 35.4 Å². The molecule has 3 aliphatic rings. The van der Waals surface area contributed by atoms with Gasteiger partial charge in [0.15, 0.2) is 6.20 Å². The second-order valence-corrected chi connectivity index (χ2v) is 6.91. The van der Waals surface area contributed by atoms with Crippen LogP contribution in [-0.4, -0.2) is 28.9 Å². The number of fused-ring (bicyclic) bond motifs is 4.